The number of rotatable bonds is 2. The Morgan fingerprint density at radius 1 is 0.723 bits per heavy atom. The fourth-order valence-electron chi connectivity index (χ4n) is 8.74. The predicted octanol–water partition coefficient (Wildman–Crippen LogP) is 11.8. The Morgan fingerprint density at radius 2 is 1.45 bits per heavy atom. The van der Waals surface area contributed by atoms with Crippen LogP contribution in [0.15, 0.2) is 97.1 Å². The molecule has 2 bridgehead atoms. The first kappa shape index (κ1) is 28.2. The molecule has 3 nitrogen and oxygen atoms in total. The van der Waals surface area contributed by atoms with E-state index in [0.29, 0.717) is 17.8 Å². The molecular formula is C44H39N3. The fourth-order valence-corrected chi connectivity index (χ4v) is 8.74. The van der Waals surface area contributed by atoms with E-state index in [1.54, 1.807) is 0 Å². The maximum atomic E-state index is 5.32. The van der Waals surface area contributed by atoms with Gasteiger partial charge in [0.2, 0.25) is 5.95 Å². The number of hydrogen-bond donors (Lipinski definition) is 0. The van der Waals surface area contributed by atoms with E-state index in [-0.39, 0.29) is 0 Å². The summed E-state index contributed by atoms with van der Waals surface area (Å²) in [5, 5.41) is 5.08. The Balaban J connectivity index is 1.48. The summed E-state index contributed by atoms with van der Waals surface area (Å²) >= 11 is 0. The smallest absolute Gasteiger partial charge is 0.235 e. The van der Waals surface area contributed by atoms with Gasteiger partial charge in [-0.1, -0.05) is 99.6 Å². The third kappa shape index (κ3) is 4.05. The van der Waals surface area contributed by atoms with Crippen LogP contribution in [0.5, 0.6) is 0 Å². The average Bonchev–Trinajstić information content (AvgIpc) is 3.43. The van der Waals surface area contributed by atoms with Gasteiger partial charge in [-0.2, -0.15) is 0 Å². The fraction of sp³-hybridized carbons (Fsp3) is 0.227. The lowest BCUT2D eigenvalue weighted by molar-refractivity contribution is 0.627. The monoisotopic (exact) mass is 609 g/mol. The van der Waals surface area contributed by atoms with Gasteiger partial charge in [0.25, 0.3) is 0 Å². The van der Waals surface area contributed by atoms with E-state index in [1.165, 1.54) is 66.1 Å². The van der Waals surface area contributed by atoms with Crippen molar-refractivity contribution in [1.29, 1.82) is 0 Å². The number of benzene rings is 5. The third-order valence-electron chi connectivity index (χ3n) is 11.3. The molecule has 3 atom stereocenters. The van der Waals surface area contributed by atoms with Crippen molar-refractivity contribution < 1.29 is 0 Å². The molecule has 0 amide bonds. The van der Waals surface area contributed by atoms with Gasteiger partial charge in [0.1, 0.15) is 0 Å². The Bertz CT molecular complexity index is 2440. The van der Waals surface area contributed by atoms with E-state index in [9.17, 15) is 0 Å². The Morgan fingerprint density at radius 3 is 2.28 bits per heavy atom. The molecule has 2 aliphatic rings. The highest BCUT2D eigenvalue weighted by Gasteiger charge is 2.30. The van der Waals surface area contributed by atoms with Crippen molar-refractivity contribution in [2.24, 2.45) is 0 Å². The number of hydrogen-bond acceptors (Lipinski definition) is 2. The molecule has 230 valence electrons. The van der Waals surface area contributed by atoms with Gasteiger partial charge in [-0.3, -0.25) is 4.57 Å². The molecule has 2 aliphatic carbocycles. The van der Waals surface area contributed by atoms with Gasteiger partial charge in [0.15, 0.2) is 0 Å². The van der Waals surface area contributed by atoms with Crippen LogP contribution in [-0.4, -0.2) is 14.5 Å². The normalized spacial score (nSPS) is 18.4. The van der Waals surface area contributed by atoms with Crippen LogP contribution in [0.2, 0.25) is 0 Å². The summed E-state index contributed by atoms with van der Waals surface area (Å²) in [7, 11) is 0. The van der Waals surface area contributed by atoms with Gasteiger partial charge >= 0.3 is 0 Å². The molecule has 47 heavy (non-hydrogen) atoms. The van der Waals surface area contributed by atoms with Crippen LogP contribution in [0.4, 0.5) is 0 Å². The molecule has 0 fully saturated rings. The standard InChI is InChI=1S/C44H39N3/c1-6-29-16-13-20-38-42(29)28(5)45-44(46-38)47-39-21-12-11-19-34(39)43-40(47)24-36-27(4)41(43)37-23-31-15-8-7-14-30(31)22-35(37)26(3)25(2)32-17-9-10-18-33(32)36/h7-15,17-26,29H,6,16H2,1-5H3. The SMILES string of the molecule is CCC1CC=Cc2nc(-n3c4ccccc4c4c5c(C)c(cc43)-c3ccccc3C(C)C(C)c3cc4ccccc4cc3-5)nc(C)c21. The Labute approximate surface area is 276 Å². The number of aromatic nitrogens is 3. The van der Waals surface area contributed by atoms with Crippen molar-refractivity contribution in [3.8, 4) is 28.2 Å². The predicted molar refractivity (Wildman–Crippen MR) is 198 cm³/mol. The molecule has 0 saturated heterocycles. The van der Waals surface area contributed by atoms with Crippen molar-refractivity contribution in [2.45, 2.75) is 65.2 Å². The van der Waals surface area contributed by atoms with Gasteiger partial charge in [-0.25, -0.2) is 9.97 Å². The first-order chi connectivity index (χ1) is 22.9. The largest absolute Gasteiger partial charge is 0.278 e. The summed E-state index contributed by atoms with van der Waals surface area (Å²) in [6, 6.07) is 34.1. The molecule has 0 N–H and O–H groups in total. The van der Waals surface area contributed by atoms with Gasteiger partial charge < -0.3 is 0 Å². The molecular weight excluding hydrogens is 571 g/mol. The first-order valence-electron chi connectivity index (χ1n) is 17.2. The van der Waals surface area contributed by atoms with E-state index >= 15 is 0 Å². The van der Waals surface area contributed by atoms with Crippen molar-refractivity contribution in [3.63, 3.8) is 0 Å². The van der Waals surface area contributed by atoms with Gasteiger partial charge in [-0.05, 0) is 118 Å². The van der Waals surface area contributed by atoms with Crippen molar-refractivity contribution >= 4 is 38.7 Å². The number of nitrogens with zero attached hydrogens (tertiary/aromatic N) is 3. The lowest BCUT2D eigenvalue weighted by atomic mass is 9.79. The molecule has 2 heterocycles. The minimum atomic E-state index is 0.317. The highest BCUT2D eigenvalue weighted by molar-refractivity contribution is 6.18. The van der Waals surface area contributed by atoms with Crippen molar-refractivity contribution in [1.82, 2.24) is 14.5 Å². The van der Waals surface area contributed by atoms with Crippen LogP contribution in [0.3, 0.4) is 0 Å². The summed E-state index contributed by atoms with van der Waals surface area (Å²) in [5.74, 6) is 1.87. The second kappa shape index (κ2) is 10.5. The summed E-state index contributed by atoms with van der Waals surface area (Å²) in [5.41, 5.74) is 15.1. The van der Waals surface area contributed by atoms with E-state index in [2.05, 4.69) is 142 Å². The van der Waals surface area contributed by atoms with E-state index < -0.39 is 0 Å². The summed E-state index contributed by atoms with van der Waals surface area (Å²) in [4.78, 5) is 10.6. The lowest BCUT2D eigenvalue weighted by Crippen LogP contribution is -2.13. The Kier molecular flexibility index (Phi) is 6.31. The molecule has 0 aliphatic heterocycles. The second-order valence-corrected chi connectivity index (χ2v) is 13.8. The molecule has 5 aromatic carbocycles. The topological polar surface area (TPSA) is 30.7 Å². The number of fused-ring (bicyclic) bond motifs is 12. The summed E-state index contributed by atoms with van der Waals surface area (Å²) in [6.45, 7) is 11.6. The Hall–Kier alpha value is -5.02. The summed E-state index contributed by atoms with van der Waals surface area (Å²) < 4.78 is 2.34. The maximum Gasteiger partial charge on any atom is 0.235 e. The molecule has 3 heteroatoms. The number of para-hydroxylation sites is 1. The highest BCUT2D eigenvalue weighted by Crippen LogP contribution is 2.51. The van der Waals surface area contributed by atoms with Crippen LogP contribution in [0.25, 0.3) is 66.9 Å². The highest BCUT2D eigenvalue weighted by atomic mass is 15.2. The molecule has 0 saturated carbocycles. The molecule has 0 spiro atoms. The number of allylic oxidation sites excluding steroid dienone is 1. The van der Waals surface area contributed by atoms with E-state index in [4.69, 9.17) is 9.97 Å². The van der Waals surface area contributed by atoms with Crippen LogP contribution in [0, 0.1) is 13.8 Å². The number of aryl methyl sites for hydroxylation is 1. The molecule has 7 aromatic rings. The summed E-state index contributed by atoms with van der Waals surface area (Å²) in [6.07, 6.45) is 6.64. The van der Waals surface area contributed by atoms with Crippen LogP contribution in [0.1, 0.15) is 85.0 Å². The zero-order valence-electron chi connectivity index (χ0n) is 27.8. The van der Waals surface area contributed by atoms with Crippen LogP contribution < -0.4 is 0 Å². The minimum absolute atomic E-state index is 0.317. The zero-order chi connectivity index (χ0) is 32.0. The second-order valence-electron chi connectivity index (χ2n) is 13.8. The molecule has 0 radical (unpaired) electrons. The quantitative estimate of drug-likeness (QED) is 0.195. The van der Waals surface area contributed by atoms with E-state index in [1.807, 2.05) is 0 Å². The molecule has 3 unspecified atom stereocenters. The van der Waals surface area contributed by atoms with Gasteiger partial charge in [0, 0.05) is 22.0 Å². The molecule has 9 rings (SSSR count). The minimum Gasteiger partial charge on any atom is -0.278 e. The van der Waals surface area contributed by atoms with E-state index in [0.717, 1.165) is 41.2 Å². The van der Waals surface area contributed by atoms with Gasteiger partial charge in [0.05, 0.1) is 16.7 Å². The van der Waals surface area contributed by atoms with Crippen molar-refractivity contribution in [2.75, 3.05) is 0 Å². The van der Waals surface area contributed by atoms with Crippen molar-refractivity contribution in [3.05, 3.63) is 131 Å². The van der Waals surface area contributed by atoms with Gasteiger partial charge in [-0.15, -0.1) is 0 Å². The first-order valence-corrected chi connectivity index (χ1v) is 17.2. The van der Waals surface area contributed by atoms with Crippen LogP contribution >= 0.6 is 0 Å². The zero-order valence-corrected chi connectivity index (χ0v) is 27.8. The maximum absolute atomic E-state index is 5.32. The van der Waals surface area contributed by atoms with Crippen LogP contribution in [-0.2, 0) is 0 Å². The average molecular weight is 610 g/mol. The molecule has 2 aromatic heterocycles. The third-order valence-corrected chi connectivity index (χ3v) is 11.3. The lowest BCUT2D eigenvalue weighted by Gasteiger charge is -2.25.